The molecule has 0 amide bonds. The van der Waals surface area contributed by atoms with Crippen LogP contribution < -0.4 is 5.73 Å². The molecule has 4 heteroatoms. The Morgan fingerprint density at radius 3 is 2.80 bits per heavy atom. The summed E-state index contributed by atoms with van der Waals surface area (Å²) in [5.74, 6) is 0. The zero-order valence-corrected chi connectivity index (χ0v) is 8.75. The van der Waals surface area contributed by atoms with Crippen molar-refractivity contribution in [1.29, 1.82) is 0 Å². The largest absolute Gasteiger partial charge is 0.398 e. The Bertz CT molecular complexity index is 566. The summed E-state index contributed by atoms with van der Waals surface area (Å²) >= 11 is 0. The number of benzene rings is 2. The van der Waals surface area contributed by atoms with Gasteiger partial charge in [0.25, 0.3) is 5.69 Å². The molecule has 0 saturated carbocycles. The van der Waals surface area contributed by atoms with Gasteiger partial charge in [-0.25, -0.2) is 0 Å². The van der Waals surface area contributed by atoms with Gasteiger partial charge in [-0.3, -0.25) is 0 Å². The van der Waals surface area contributed by atoms with E-state index < -0.39 is 0 Å². The van der Waals surface area contributed by atoms with Crippen molar-refractivity contribution >= 4 is 34.6 Å². The number of rotatable bonds is 0. The van der Waals surface area contributed by atoms with Gasteiger partial charge in [-0.15, -0.1) is 12.4 Å². The molecule has 0 bridgehead atoms. The molecule has 0 aromatic heterocycles. The van der Waals surface area contributed by atoms with Crippen LogP contribution in [0.1, 0.15) is 5.56 Å². The molecule has 0 atom stereocenters. The molecule has 76 valence electrons. The second-order valence-electron chi connectivity index (χ2n) is 3.55. The van der Waals surface area contributed by atoms with Crippen molar-refractivity contribution in [3.05, 3.63) is 40.8 Å². The van der Waals surface area contributed by atoms with Crippen molar-refractivity contribution in [2.45, 2.75) is 6.54 Å². The summed E-state index contributed by atoms with van der Waals surface area (Å²) in [6, 6.07) is 9.45. The Morgan fingerprint density at radius 1 is 1.20 bits per heavy atom. The number of nitroso groups, excluding NO2 is 1. The van der Waals surface area contributed by atoms with Gasteiger partial charge in [-0.05, 0) is 6.07 Å². The maximum absolute atomic E-state index is 11.5. The Labute approximate surface area is 92.9 Å². The predicted octanol–water partition coefficient (Wildman–Crippen LogP) is 2.77. The van der Waals surface area contributed by atoms with Crippen LogP contribution >= 0.6 is 12.4 Å². The third-order valence-electron chi connectivity index (χ3n) is 2.72. The molecule has 1 aliphatic heterocycles. The molecule has 0 unspecified atom stereocenters. The fraction of sp³-hybridized carbons (Fsp3) is 0.0909. The molecule has 1 aliphatic rings. The predicted molar refractivity (Wildman–Crippen MR) is 62.6 cm³/mol. The number of hydrogen-bond donors (Lipinski definition) is 1. The van der Waals surface area contributed by atoms with Crippen LogP contribution in [0.2, 0.25) is 0 Å². The zero-order valence-electron chi connectivity index (χ0n) is 7.93. The maximum atomic E-state index is 11.5. The van der Waals surface area contributed by atoms with Crippen molar-refractivity contribution in [3.8, 4) is 0 Å². The van der Waals surface area contributed by atoms with Gasteiger partial charge < -0.3 is 5.73 Å². The van der Waals surface area contributed by atoms with E-state index in [-0.39, 0.29) is 12.4 Å². The smallest absolute Gasteiger partial charge is 0.264 e. The fourth-order valence-corrected chi connectivity index (χ4v) is 2.06. The minimum absolute atomic E-state index is 0. The Kier molecular flexibility index (Phi) is 2.12. The Hall–Kier alpha value is -1.61. The van der Waals surface area contributed by atoms with E-state index in [0.29, 0.717) is 6.54 Å². The molecular formula is C11H10ClN2O+. The van der Waals surface area contributed by atoms with Gasteiger partial charge in [0.15, 0.2) is 0 Å². The number of nitrogens with two attached hydrogens (primary N) is 1. The summed E-state index contributed by atoms with van der Waals surface area (Å²) in [4.78, 5) is 11.5. The lowest BCUT2D eigenvalue weighted by atomic mass is 10.0. The van der Waals surface area contributed by atoms with Crippen LogP contribution in [0.25, 0.3) is 10.8 Å². The standard InChI is InChI=1S/C11H9N2O.ClH/c12-9-4-5-10-11-7(6-13(10)14)2-1-3-8(9)11;/h1-5H,6,12H2;1H/q+1;. The maximum Gasteiger partial charge on any atom is 0.264 e. The van der Waals surface area contributed by atoms with E-state index in [1.54, 1.807) is 12.1 Å². The Balaban J connectivity index is 0.000000853. The number of hydrogen-bond acceptors (Lipinski definition) is 2. The summed E-state index contributed by atoms with van der Waals surface area (Å²) < 4.78 is 1.01. The molecule has 0 aliphatic carbocycles. The van der Waals surface area contributed by atoms with Crippen LogP contribution in [-0.4, -0.2) is 4.76 Å². The first kappa shape index (κ1) is 9.93. The van der Waals surface area contributed by atoms with Crippen LogP contribution in [0, 0.1) is 4.91 Å². The summed E-state index contributed by atoms with van der Waals surface area (Å²) in [6.45, 7) is 0.441. The molecule has 0 fully saturated rings. The highest BCUT2D eigenvalue weighted by Crippen LogP contribution is 2.38. The summed E-state index contributed by atoms with van der Waals surface area (Å²) in [6.07, 6.45) is 0. The topological polar surface area (TPSA) is 46.1 Å². The van der Waals surface area contributed by atoms with E-state index in [0.717, 1.165) is 32.5 Å². The highest BCUT2D eigenvalue weighted by atomic mass is 35.5. The van der Waals surface area contributed by atoms with Gasteiger partial charge in [0.2, 0.25) is 6.54 Å². The van der Waals surface area contributed by atoms with Crippen LogP contribution in [0.5, 0.6) is 0 Å². The van der Waals surface area contributed by atoms with Crippen molar-refractivity contribution in [2.24, 2.45) is 0 Å². The molecule has 2 aromatic carbocycles. The van der Waals surface area contributed by atoms with E-state index in [1.165, 1.54) is 0 Å². The van der Waals surface area contributed by atoms with E-state index in [2.05, 4.69) is 0 Å². The lowest BCUT2D eigenvalue weighted by Crippen LogP contribution is -1.91. The molecule has 0 spiro atoms. The van der Waals surface area contributed by atoms with Gasteiger partial charge in [-0.1, -0.05) is 18.2 Å². The monoisotopic (exact) mass is 221 g/mol. The summed E-state index contributed by atoms with van der Waals surface area (Å²) in [7, 11) is 0. The molecule has 2 N–H and O–H groups in total. The minimum Gasteiger partial charge on any atom is -0.398 e. The highest BCUT2D eigenvalue weighted by molar-refractivity contribution is 6.01. The van der Waals surface area contributed by atoms with Crippen molar-refractivity contribution in [2.75, 3.05) is 5.73 Å². The van der Waals surface area contributed by atoms with Gasteiger partial charge in [0.05, 0.1) is 5.39 Å². The van der Waals surface area contributed by atoms with Crippen LogP contribution in [0.15, 0.2) is 30.3 Å². The Morgan fingerprint density at radius 2 is 2.00 bits per heavy atom. The van der Waals surface area contributed by atoms with E-state index in [4.69, 9.17) is 5.73 Å². The average molecular weight is 222 g/mol. The minimum atomic E-state index is 0. The van der Waals surface area contributed by atoms with Crippen molar-refractivity contribution < 1.29 is 4.76 Å². The molecule has 0 radical (unpaired) electrons. The lowest BCUT2D eigenvalue weighted by molar-refractivity contribution is -0.472. The van der Waals surface area contributed by atoms with E-state index in [9.17, 15) is 4.91 Å². The summed E-state index contributed by atoms with van der Waals surface area (Å²) in [5.41, 5.74) is 8.39. The van der Waals surface area contributed by atoms with Crippen LogP contribution in [-0.2, 0) is 6.54 Å². The third-order valence-corrected chi connectivity index (χ3v) is 2.72. The SMILES string of the molecule is Cl.Nc1ccc2c3c(cccc13)C[N+]2=O. The zero-order chi connectivity index (χ0) is 9.71. The van der Waals surface area contributed by atoms with Gasteiger partial charge in [-0.2, -0.15) is 0 Å². The normalized spacial score (nSPS) is 12.9. The quantitative estimate of drug-likeness (QED) is 0.549. The second-order valence-corrected chi connectivity index (χ2v) is 3.55. The fourth-order valence-electron chi connectivity index (χ4n) is 2.06. The van der Waals surface area contributed by atoms with E-state index in [1.807, 2.05) is 18.2 Å². The lowest BCUT2D eigenvalue weighted by Gasteiger charge is -1.98. The molecule has 0 saturated heterocycles. The molecule has 3 nitrogen and oxygen atoms in total. The van der Waals surface area contributed by atoms with Crippen LogP contribution in [0.3, 0.4) is 0 Å². The van der Waals surface area contributed by atoms with Crippen LogP contribution in [0.4, 0.5) is 11.4 Å². The van der Waals surface area contributed by atoms with Crippen molar-refractivity contribution in [3.63, 3.8) is 0 Å². The van der Waals surface area contributed by atoms with Crippen molar-refractivity contribution in [1.82, 2.24) is 0 Å². The van der Waals surface area contributed by atoms with E-state index >= 15 is 0 Å². The first-order valence-electron chi connectivity index (χ1n) is 4.52. The third kappa shape index (κ3) is 1.20. The molecule has 3 rings (SSSR count). The molecular weight excluding hydrogens is 212 g/mol. The van der Waals surface area contributed by atoms with Gasteiger partial charge in [0, 0.05) is 32.4 Å². The average Bonchev–Trinajstić information content (AvgIpc) is 2.50. The highest BCUT2D eigenvalue weighted by Gasteiger charge is 2.29. The number of halogens is 1. The number of anilines is 1. The number of nitrogen functional groups attached to an aromatic ring is 1. The second kappa shape index (κ2) is 3.21. The molecule has 2 aromatic rings. The summed E-state index contributed by atoms with van der Waals surface area (Å²) in [5, 5.41) is 2.00. The number of nitrogens with zero attached hydrogens (tertiary/aromatic N) is 1. The van der Waals surface area contributed by atoms with Gasteiger partial charge in [0.1, 0.15) is 0 Å². The molecule has 1 heterocycles. The molecule has 15 heavy (non-hydrogen) atoms. The van der Waals surface area contributed by atoms with Gasteiger partial charge >= 0.3 is 0 Å². The first-order chi connectivity index (χ1) is 6.77. The first-order valence-corrected chi connectivity index (χ1v) is 4.52.